The number of rotatable bonds is 2. The maximum atomic E-state index is 11.9. The Morgan fingerprint density at radius 3 is 2.85 bits per heavy atom. The van der Waals surface area contributed by atoms with Crippen LogP contribution in [0.4, 0.5) is 0 Å². The van der Waals surface area contributed by atoms with Crippen LogP contribution in [0.2, 0.25) is 5.15 Å². The molecule has 0 aliphatic carbocycles. The van der Waals surface area contributed by atoms with Gasteiger partial charge in [-0.1, -0.05) is 17.7 Å². The first kappa shape index (κ1) is 12.8. The Balaban J connectivity index is 2.11. The first-order valence-electron chi connectivity index (χ1n) is 6.07. The van der Waals surface area contributed by atoms with E-state index in [2.05, 4.69) is 15.1 Å². The fourth-order valence-electron chi connectivity index (χ4n) is 2.07. The van der Waals surface area contributed by atoms with Crippen LogP contribution in [-0.2, 0) is 13.6 Å². The summed E-state index contributed by atoms with van der Waals surface area (Å²) in [6.45, 7) is 2.15. The van der Waals surface area contributed by atoms with Crippen molar-refractivity contribution in [1.82, 2.24) is 24.3 Å². The monoisotopic (exact) mass is 289 g/mol. The minimum atomic E-state index is -0.0881. The van der Waals surface area contributed by atoms with E-state index in [4.69, 9.17) is 11.6 Å². The molecule has 0 N–H and O–H groups in total. The van der Waals surface area contributed by atoms with E-state index in [1.165, 1.54) is 6.07 Å². The van der Waals surface area contributed by atoms with Gasteiger partial charge in [-0.2, -0.15) is 5.10 Å². The molecule has 0 radical (unpaired) electrons. The van der Waals surface area contributed by atoms with Gasteiger partial charge in [0.15, 0.2) is 11.5 Å². The molecule has 0 saturated carbocycles. The van der Waals surface area contributed by atoms with Gasteiger partial charge in [0.2, 0.25) is 0 Å². The Bertz CT molecular complexity index is 852. The van der Waals surface area contributed by atoms with E-state index in [0.717, 1.165) is 5.69 Å². The van der Waals surface area contributed by atoms with Crippen LogP contribution in [0.25, 0.3) is 11.0 Å². The molecule has 6 nitrogen and oxygen atoms in total. The molecule has 0 aromatic carbocycles. The van der Waals surface area contributed by atoms with Gasteiger partial charge in [-0.15, -0.1) is 0 Å². The number of fused-ring (bicyclic) bond motifs is 1. The summed E-state index contributed by atoms with van der Waals surface area (Å²) in [5.41, 5.74) is 1.42. The van der Waals surface area contributed by atoms with Gasteiger partial charge in [0.25, 0.3) is 5.56 Å². The van der Waals surface area contributed by atoms with Crippen molar-refractivity contribution >= 4 is 22.6 Å². The Kier molecular flexibility index (Phi) is 3.02. The van der Waals surface area contributed by atoms with Crippen molar-refractivity contribution in [2.45, 2.75) is 13.5 Å². The zero-order chi connectivity index (χ0) is 14.3. The summed E-state index contributed by atoms with van der Waals surface area (Å²) < 4.78 is 3.24. The Morgan fingerprint density at radius 2 is 2.10 bits per heavy atom. The van der Waals surface area contributed by atoms with Gasteiger partial charge < -0.3 is 4.57 Å². The normalized spacial score (nSPS) is 11.2. The molecule has 0 aliphatic heterocycles. The fourth-order valence-corrected chi connectivity index (χ4v) is 2.30. The molecular weight excluding hydrogens is 278 g/mol. The largest absolute Gasteiger partial charge is 0.305 e. The van der Waals surface area contributed by atoms with Crippen LogP contribution in [0.1, 0.15) is 11.5 Å². The number of aromatic nitrogens is 5. The van der Waals surface area contributed by atoms with E-state index in [-0.39, 0.29) is 12.1 Å². The Morgan fingerprint density at radius 1 is 1.30 bits per heavy atom. The Hall–Kier alpha value is -2.21. The quantitative estimate of drug-likeness (QED) is 0.671. The number of halogens is 1. The lowest BCUT2D eigenvalue weighted by molar-refractivity contribution is 0.690. The first-order chi connectivity index (χ1) is 9.56. The standard InChI is InChI=1S/C13H12ClN5O/c1-8-4-3-5-11(20)19(8)7-10-16-12(14)9-6-15-18(2)13(9)17-10/h3-6H,7H2,1-2H3. The third-order valence-electron chi connectivity index (χ3n) is 3.16. The molecule has 3 heterocycles. The maximum Gasteiger partial charge on any atom is 0.251 e. The van der Waals surface area contributed by atoms with Crippen molar-refractivity contribution < 1.29 is 0 Å². The van der Waals surface area contributed by atoms with Gasteiger partial charge in [-0.25, -0.2) is 9.97 Å². The van der Waals surface area contributed by atoms with Crippen molar-refractivity contribution in [3.63, 3.8) is 0 Å². The SMILES string of the molecule is Cc1cccc(=O)n1Cc1nc(Cl)c2cnn(C)c2n1. The molecule has 0 saturated heterocycles. The molecular formula is C13H12ClN5O. The summed E-state index contributed by atoms with van der Waals surface area (Å²) in [7, 11) is 1.79. The Labute approximate surface area is 119 Å². The zero-order valence-corrected chi connectivity index (χ0v) is 11.8. The highest BCUT2D eigenvalue weighted by Gasteiger charge is 2.11. The predicted molar refractivity (Wildman–Crippen MR) is 75.9 cm³/mol. The second kappa shape index (κ2) is 4.72. The molecule has 0 spiro atoms. The highest BCUT2D eigenvalue weighted by Crippen LogP contribution is 2.19. The van der Waals surface area contributed by atoms with Crippen molar-refractivity contribution in [1.29, 1.82) is 0 Å². The minimum absolute atomic E-state index is 0.0881. The summed E-state index contributed by atoms with van der Waals surface area (Å²) in [5.74, 6) is 0.488. The molecule has 0 aliphatic rings. The fraction of sp³-hybridized carbons (Fsp3) is 0.231. The first-order valence-corrected chi connectivity index (χ1v) is 6.44. The molecule has 0 amide bonds. The van der Waals surface area contributed by atoms with Crippen LogP contribution >= 0.6 is 11.6 Å². The van der Waals surface area contributed by atoms with Crippen LogP contribution in [0.15, 0.2) is 29.2 Å². The van der Waals surface area contributed by atoms with Crippen molar-refractivity contribution in [3.8, 4) is 0 Å². The molecule has 7 heteroatoms. The van der Waals surface area contributed by atoms with E-state index in [1.54, 1.807) is 28.6 Å². The number of aryl methyl sites for hydroxylation is 2. The molecule has 0 atom stereocenters. The summed E-state index contributed by atoms with van der Waals surface area (Å²) >= 11 is 6.13. The van der Waals surface area contributed by atoms with Crippen LogP contribution in [-0.4, -0.2) is 24.3 Å². The van der Waals surface area contributed by atoms with Crippen molar-refractivity contribution in [2.75, 3.05) is 0 Å². The number of hydrogen-bond donors (Lipinski definition) is 0. The van der Waals surface area contributed by atoms with Crippen LogP contribution < -0.4 is 5.56 Å². The zero-order valence-electron chi connectivity index (χ0n) is 11.0. The molecule has 102 valence electrons. The van der Waals surface area contributed by atoms with Gasteiger partial charge in [0, 0.05) is 18.8 Å². The molecule has 0 bridgehead atoms. The second-order valence-corrected chi connectivity index (χ2v) is 4.89. The molecule has 20 heavy (non-hydrogen) atoms. The lowest BCUT2D eigenvalue weighted by Gasteiger charge is -2.08. The van der Waals surface area contributed by atoms with E-state index in [1.807, 2.05) is 13.0 Å². The summed E-state index contributed by atoms with van der Waals surface area (Å²) in [6, 6.07) is 5.11. The highest BCUT2D eigenvalue weighted by atomic mass is 35.5. The number of hydrogen-bond acceptors (Lipinski definition) is 4. The second-order valence-electron chi connectivity index (χ2n) is 4.53. The lowest BCUT2D eigenvalue weighted by atomic mass is 10.3. The van der Waals surface area contributed by atoms with Gasteiger partial charge in [0.05, 0.1) is 18.1 Å². The molecule has 0 fully saturated rings. The number of pyridine rings is 1. The van der Waals surface area contributed by atoms with E-state index in [9.17, 15) is 4.79 Å². The summed E-state index contributed by atoms with van der Waals surface area (Å²) in [4.78, 5) is 20.5. The van der Waals surface area contributed by atoms with Crippen LogP contribution in [0.5, 0.6) is 0 Å². The average molecular weight is 290 g/mol. The molecule has 3 aromatic rings. The van der Waals surface area contributed by atoms with Gasteiger partial charge in [-0.05, 0) is 13.0 Å². The van der Waals surface area contributed by atoms with Crippen molar-refractivity contribution in [3.05, 3.63) is 51.4 Å². The predicted octanol–water partition coefficient (Wildman–Crippen LogP) is 1.54. The maximum absolute atomic E-state index is 11.9. The topological polar surface area (TPSA) is 65.6 Å². The minimum Gasteiger partial charge on any atom is -0.305 e. The van der Waals surface area contributed by atoms with Crippen LogP contribution in [0, 0.1) is 6.92 Å². The van der Waals surface area contributed by atoms with E-state index in [0.29, 0.717) is 22.0 Å². The average Bonchev–Trinajstić information content (AvgIpc) is 2.77. The third kappa shape index (κ3) is 2.08. The highest BCUT2D eigenvalue weighted by molar-refractivity contribution is 6.33. The van der Waals surface area contributed by atoms with Crippen LogP contribution in [0.3, 0.4) is 0 Å². The van der Waals surface area contributed by atoms with Gasteiger partial charge >= 0.3 is 0 Å². The summed E-state index contributed by atoms with van der Waals surface area (Å²) in [6.07, 6.45) is 1.63. The smallest absolute Gasteiger partial charge is 0.251 e. The molecule has 3 rings (SSSR count). The molecule has 3 aromatic heterocycles. The summed E-state index contributed by atoms with van der Waals surface area (Å²) in [5, 5.41) is 5.15. The third-order valence-corrected chi connectivity index (χ3v) is 3.45. The van der Waals surface area contributed by atoms with E-state index < -0.39 is 0 Å². The van der Waals surface area contributed by atoms with Gasteiger partial charge in [-0.3, -0.25) is 9.48 Å². The van der Waals surface area contributed by atoms with Crippen molar-refractivity contribution in [2.24, 2.45) is 7.05 Å². The van der Waals surface area contributed by atoms with Gasteiger partial charge in [0.1, 0.15) is 5.15 Å². The van der Waals surface area contributed by atoms with E-state index >= 15 is 0 Å². The lowest BCUT2D eigenvalue weighted by Crippen LogP contribution is -2.22. The molecule has 0 unspecified atom stereocenters. The number of nitrogens with zero attached hydrogens (tertiary/aromatic N) is 5.